The van der Waals surface area contributed by atoms with Crippen LogP contribution in [0.15, 0.2) is 0 Å². The average molecular weight is 197 g/mol. The molecule has 1 aromatic heterocycles. The van der Waals surface area contributed by atoms with Gasteiger partial charge >= 0.3 is 6.09 Å². The molecule has 0 radical (unpaired) electrons. The number of carbonyl (C=O) groups excluding carboxylic acids is 1. The summed E-state index contributed by atoms with van der Waals surface area (Å²) in [5.41, 5.74) is 0. The minimum absolute atomic E-state index is 0.347. The molecule has 1 aliphatic rings. The molecule has 76 valence electrons. The van der Waals surface area contributed by atoms with E-state index in [2.05, 4.69) is 20.8 Å². The Morgan fingerprint density at radius 2 is 2.50 bits per heavy atom. The maximum absolute atomic E-state index is 11.1. The van der Waals surface area contributed by atoms with E-state index >= 15 is 0 Å². The van der Waals surface area contributed by atoms with Gasteiger partial charge in [-0.25, -0.2) is 4.79 Å². The quantitative estimate of drug-likeness (QED) is 0.673. The van der Waals surface area contributed by atoms with E-state index in [-0.39, 0.29) is 0 Å². The van der Waals surface area contributed by atoms with Crippen molar-refractivity contribution >= 4 is 6.09 Å². The number of aromatic nitrogens is 4. The summed E-state index contributed by atoms with van der Waals surface area (Å²) in [7, 11) is 0. The first-order valence-corrected chi connectivity index (χ1v) is 4.55. The van der Waals surface area contributed by atoms with Gasteiger partial charge in [-0.2, -0.15) is 0 Å². The second-order valence-corrected chi connectivity index (χ2v) is 3.09. The standard InChI is InChI=1S/C7H11N5O2/c1-2-8-7(13)14-12-6(5-3-4-5)9-10-11-12/h5H,2-4H2,1H3,(H,8,13). The predicted molar refractivity (Wildman–Crippen MR) is 45.4 cm³/mol. The fourth-order valence-electron chi connectivity index (χ4n) is 1.09. The maximum Gasteiger partial charge on any atom is 0.433 e. The Morgan fingerprint density at radius 1 is 1.71 bits per heavy atom. The van der Waals surface area contributed by atoms with Gasteiger partial charge < -0.3 is 5.32 Å². The number of rotatable bonds is 3. The molecule has 0 unspecified atom stereocenters. The minimum atomic E-state index is -0.540. The van der Waals surface area contributed by atoms with Crippen LogP contribution in [-0.2, 0) is 0 Å². The number of hydrogen-bond donors (Lipinski definition) is 1. The molecule has 0 atom stereocenters. The van der Waals surface area contributed by atoms with Crippen LogP contribution >= 0.6 is 0 Å². The highest BCUT2D eigenvalue weighted by atomic mass is 16.7. The summed E-state index contributed by atoms with van der Waals surface area (Å²) in [6.07, 6.45) is 1.57. The first-order chi connectivity index (χ1) is 6.81. The van der Waals surface area contributed by atoms with E-state index in [4.69, 9.17) is 4.84 Å². The summed E-state index contributed by atoms with van der Waals surface area (Å²) in [5.74, 6) is 0.968. The lowest BCUT2D eigenvalue weighted by Crippen LogP contribution is -2.33. The third-order valence-corrected chi connectivity index (χ3v) is 1.90. The number of hydrogen-bond acceptors (Lipinski definition) is 5. The predicted octanol–water partition coefficient (Wildman–Crippen LogP) is -0.291. The zero-order chi connectivity index (χ0) is 9.97. The Labute approximate surface area is 80.4 Å². The van der Waals surface area contributed by atoms with E-state index in [1.54, 1.807) is 0 Å². The molecule has 1 N–H and O–H groups in total. The van der Waals surface area contributed by atoms with Crippen molar-refractivity contribution in [1.29, 1.82) is 0 Å². The summed E-state index contributed by atoms with van der Waals surface area (Å²) in [6.45, 7) is 2.32. The van der Waals surface area contributed by atoms with Crippen LogP contribution in [0.2, 0.25) is 0 Å². The molecule has 0 saturated heterocycles. The molecule has 2 rings (SSSR count). The van der Waals surface area contributed by atoms with Crippen molar-refractivity contribution in [3.8, 4) is 0 Å². The largest absolute Gasteiger partial charge is 0.433 e. The number of nitrogens with one attached hydrogen (secondary N) is 1. The Morgan fingerprint density at radius 3 is 3.14 bits per heavy atom. The first kappa shape index (κ1) is 8.92. The van der Waals surface area contributed by atoms with Crippen molar-refractivity contribution in [2.45, 2.75) is 25.7 Å². The van der Waals surface area contributed by atoms with E-state index in [0.717, 1.165) is 17.7 Å². The molecule has 1 heterocycles. The Bertz CT molecular complexity index is 333. The fraction of sp³-hybridized carbons (Fsp3) is 0.714. The highest BCUT2D eigenvalue weighted by molar-refractivity contribution is 5.67. The summed E-state index contributed by atoms with van der Waals surface area (Å²) < 4.78 is 0. The van der Waals surface area contributed by atoms with E-state index in [1.807, 2.05) is 6.92 Å². The van der Waals surface area contributed by atoms with Crippen LogP contribution in [0.3, 0.4) is 0 Å². The number of carbonyl (C=O) groups is 1. The van der Waals surface area contributed by atoms with Gasteiger partial charge in [0.2, 0.25) is 0 Å². The third kappa shape index (κ3) is 1.81. The van der Waals surface area contributed by atoms with Crippen LogP contribution in [0.4, 0.5) is 4.79 Å². The molecule has 7 nitrogen and oxygen atoms in total. The lowest BCUT2D eigenvalue weighted by Gasteiger charge is -2.03. The molecule has 0 aliphatic heterocycles. The van der Waals surface area contributed by atoms with Crippen LogP contribution < -0.4 is 10.2 Å². The zero-order valence-electron chi connectivity index (χ0n) is 7.80. The molecular weight excluding hydrogens is 186 g/mol. The molecule has 1 fully saturated rings. The molecule has 1 amide bonds. The van der Waals surface area contributed by atoms with E-state index < -0.39 is 6.09 Å². The van der Waals surface area contributed by atoms with Gasteiger partial charge in [0.25, 0.3) is 0 Å². The second kappa shape index (κ2) is 3.60. The fourth-order valence-corrected chi connectivity index (χ4v) is 1.09. The van der Waals surface area contributed by atoms with Crippen molar-refractivity contribution < 1.29 is 9.63 Å². The monoisotopic (exact) mass is 197 g/mol. The van der Waals surface area contributed by atoms with Crippen molar-refractivity contribution in [2.75, 3.05) is 6.54 Å². The Kier molecular flexibility index (Phi) is 2.30. The molecular formula is C7H11N5O2. The van der Waals surface area contributed by atoms with Gasteiger partial charge in [-0.05, 0) is 30.2 Å². The molecule has 1 saturated carbocycles. The van der Waals surface area contributed by atoms with E-state index in [1.165, 1.54) is 0 Å². The lowest BCUT2D eigenvalue weighted by molar-refractivity contribution is 0.109. The average Bonchev–Trinajstić information content (AvgIpc) is 2.89. The summed E-state index contributed by atoms with van der Waals surface area (Å²) >= 11 is 0. The third-order valence-electron chi connectivity index (χ3n) is 1.90. The highest BCUT2D eigenvalue weighted by Crippen LogP contribution is 2.37. The van der Waals surface area contributed by atoms with Gasteiger partial charge in [-0.1, -0.05) is 4.85 Å². The van der Waals surface area contributed by atoms with Gasteiger partial charge in [0.05, 0.1) is 0 Å². The smallest absolute Gasteiger partial charge is 0.320 e. The van der Waals surface area contributed by atoms with Crippen molar-refractivity contribution in [3.05, 3.63) is 5.82 Å². The molecule has 14 heavy (non-hydrogen) atoms. The maximum atomic E-state index is 11.1. The molecule has 0 aromatic carbocycles. The van der Waals surface area contributed by atoms with Crippen molar-refractivity contribution in [2.24, 2.45) is 0 Å². The molecule has 1 aliphatic carbocycles. The molecule has 0 bridgehead atoms. The topological polar surface area (TPSA) is 81.9 Å². The van der Waals surface area contributed by atoms with Crippen LogP contribution in [0, 0.1) is 0 Å². The zero-order valence-corrected chi connectivity index (χ0v) is 7.80. The second-order valence-electron chi connectivity index (χ2n) is 3.09. The minimum Gasteiger partial charge on any atom is -0.320 e. The van der Waals surface area contributed by atoms with Gasteiger partial charge in [0.15, 0.2) is 5.82 Å². The number of amides is 1. The van der Waals surface area contributed by atoms with Gasteiger partial charge in [-0.3, -0.25) is 4.84 Å². The van der Waals surface area contributed by atoms with Gasteiger partial charge in [0.1, 0.15) is 0 Å². The lowest BCUT2D eigenvalue weighted by atomic mass is 10.4. The van der Waals surface area contributed by atoms with Crippen molar-refractivity contribution in [3.63, 3.8) is 0 Å². The molecule has 0 spiro atoms. The summed E-state index contributed by atoms with van der Waals surface area (Å²) in [6, 6.07) is 0. The first-order valence-electron chi connectivity index (χ1n) is 4.55. The van der Waals surface area contributed by atoms with E-state index in [0.29, 0.717) is 18.3 Å². The van der Waals surface area contributed by atoms with Gasteiger partial charge in [-0.15, -0.1) is 5.10 Å². The number of nitrogens with zero attached hydrogens (tertiary/aromatic N) is 4. The Balaban J connectivity index is 2.01. The van der Waals surface area contributed by atoms with E-state index in [9.17, 15) is 4.79 Å². The molecule has 7 heteroatoms. The summed E-state index contributed by atoms with van der Waals surface area (Å²) in [5, 5.41) is 13.3. The summed E-state index contributed by atoms with van der Waals surface area (Å²) in [4.78, 5) is 17.0. The SMILES string of the molecule is CCNC(=O)On1nnnc1C1CC1. The van der Waals surface area contributed by atoms with Crippen LogP contribution in [0.5, 0.6) is 0 Å². The van der Waals surface area contributed by atoms with Crippen LogP contribution in [0.1, 0.15) is 31.5 Å². The number of tetrazole rings is 1. The van der Waals surface area contributed by atoms with Crippen LogP contribution in [0.25, 0.3) is 0 Å². The Hall–Kier alpha value is -1.66. The van der Waals surface area contributed by atoms with Gasteiger partial charge in [0, 0.05) is 12.5 Å². The highest BCUT2D eigenvalue weighted by Gasteiger charge is 2.31. The normalized spacial score (nSPS) is 15.2. The van der Waals surface area contributed by atoms with Crippen LogP contribution in [-0.4, -0.2) is 33.0 Å². The van der Waals surface area contributed by atoms with Crippen molar-refractivity contribution in [1.82, 2.24) is 25.7 Å². The molecule has 1 aromatic rings.